The Morgan fingerprint density at radius 1 is 1.13 bits per heavy atom. The summed E-state index contributed by atoms with van der Waals surface area (Å²) in [4.78, 5) is 27.3. The Labute approximate surface area is 184 Å². The molecule has 1 aromatic rings. The summed E-state index contributed by atoms with van der Waals surface area (Å²) in [5, 5.41) is 29.3. The lowest BCUT2D eigenvalue weighted by molar-refractivity contribution is -0.141. The van der Waals surface area contributed by atoms with Crippen LogP contribution in [0, 0.1) is 11.8 Å². The van der Waals surface area contributed by atoms with Gasteiger partial charge in [-0.2, -0.15) is 0 Å². The zero-order chi connectivity index (χ0) is 22.5. The van der Waals surface area contributed by atoms with Crippen molar-refractivity contribution in [2.45, 2.75) is 38.2 Å². The van der Waals surface area contributed by atoms with Crippen LogP contribution in [0.4, 0.5) is 0 Å². The molecule has 3 N–H and O–H groups in total. The molecule has 166 valence electrons. The van der Waals surface area contributed by atoms with E-state index >= 15 is 0 Å². The van der Waals surface area contributed by atoms with Gasteiger partial charge in [0.05, 0.1) is 6.54 Å². The number of aromatic hydroxyl groups is 1. The number of hydrogen-bond acceptors (Lipinski definition) is 5. The van der Waals surface area contributed by atoms with Crippen molar-refractivity contribution in [3.63, 3.8) is 0 Å². The molecule has 0 bridgehead atoms. The number of aliphatic carboxylic acids is 1. The highest BCUT2D eigenvalue weighted by molar-refractivity contribution is 6.34. The lowest BCUT2D eigenvalue weighted by atomic mass is 9.78. The van der Waals surface area contributed by atoms with Crippen LogP contribution in [-0.4, -0.2) is 83.7 Å². The van der Waals surface area contributed by atoms with Crippen LogP contribution in [0.15, 0.2) is 18.7 Å². The second kappa shape index (κ2) is 10.3. The van der Waals surface area contributed by atoms with E-state index < -0.39 is 12.1 Å². The standard InChI is InChI=1S/C23H31BN2O5/c1-2-16-11-15(12-19(24)22(16)30)13-20(27)23(31)26-9-5-18(6-10-26)17-3-7-25(8-4-17)14-21(28)29/h2,11-12,17-18,20,27,30H,1,3-10,13-14H2,(H,28,29)/t20-/m1/s1. The molecule has 2 saturated heterocycles. The maximum atomic E-state index is 12.8. The molecule has 2 aliphatic heterocycles. The average molecular weight is 426 g/mol. The number of carboxylic acid groups (broad SMARTS) is 1. The summed E-state index contributed by atoms with van der Waals surface area (Å²) in [5.41, 5.74) is 1.35. The summed E-state index contributed by atoms with van der Waals surface area (Å²) in [6.45, 7) is 6.65. The Morgan fingerprint density at radius 3 is 2.26 bits per heavy atom. The predicted molar refractivity (Wildman–Crippen MR) is 119 cm³/mol. The van der Waals surface area contributed by atoms with Gasteiger partial charge in [0.1, 0.15) is 19.7 Å². The number of nitrogens with zero attached hydrogens (tertiary/aromatic N) is 2. The normalized spacial score (nSPS) is 19.8. The van der Waals surface area contributed by atoms with Gasteiger partial charge in [0.15, 0.2) is 0 Å². The Morgan fingerprint density at radius 2 is 1.71 bits per heavy atom. The van der Waals surface area contributed by atoms with Crippen LogP contribution in [-0.2, 0) is 16.0 Å². The number of carbonyl (C=O) groups is 2. The maximum absolute atomic E-state index is 12.8. The maximum Gasteiger partial charge on any atom is 0.317 e. The molecule has 2 heterocycles. The molecule has 1 aromatic carbocycles. The number of amides is 1. The van der Waals surface area contributed by atoms with Gasteiger partial charge in [0.25, 0.3) is 5.91 Å². The van der Waals surface area contributed by atoms with E-state index in [9.17, 15) is 19.8 Å². The predicted octanol–water partition coefficient (Wildman–Crippen LogP) is 0.768. The average Bonchev–Trinajstić information content (AvgIpc) is 2.76. The zero-order valence-electron chi connectivity index (χ0n) is 17.9. The lowest BCUT2D eigenvalue weighted by Crippen LogP contribution is -2.46. The number of hydrogen-bond donors (Lipinski definition) is 3. The third kappa shape index (κ3) is 5.89. The molecular weight excluding hydrogens is 395 g/mol. The third-order valence-corrected chi connectivity index (χ3v) is 6.67. The first-order valence-electron chi connectivity index (χ1n) is 10.9. The van der Waals surface area contributed by atoms with Gasteiger partial charge >= 0.3 is 5.97 Å². The van der Waals surface area contributed by atoms with E-state index in [1.807, 2.05) is 4.90 Å². The Balaban J connectivity index is 1.48. The van der Waals surface area contributed by atoms with Gasteiger partial charge in [0, 0.05) is 25.1 Å². The van der Waals surface area contributed by atoms with Gasteiger partial charge in [-0.3, -0.25) is 14.5 Å². The minimum atomic E-state index is -1.16. The zero-order valence-corrected chi connectivity index (χ0v) is 17.9. The van der Waals surface area contributed by atoms with E-state index in [2.05, 4.69) is 6.58 Å². The number of phenolic OH excluding ortho intramolecular Hbond substituents is 1. The van der Waals surface area contributed by atoms with Gasteiger partial charge in [-0.05, 0) is 62.2 Å². The molecule has 2 aliphatic rings. The van der Waals surface area contributed by atoms with Crippen molar-refractivity contribution < 1.29 is 24.9 Å². The van der Waals surface area contributed by atoms with E-state index in [1.54, 1.807) is 17.0 Å². The number of aliphatic hydroxyl groups excluding tert-OH is 1. The molecule has 7 nitrogen and oxygen atoms in total. The van der Waals surface area contributed by atoms with Crippen molar-refractivity contribution in [2.75, 3.05) is 32.7 Å². The molecule has 2 fully saturated rings. The van der Waals surface area contributed by atoms with E-state index in [0.717, 1.165) is 38.8 Å². The number of likely N-dealkylation sites (tertiary alicyclic amines) is 2. The number of carboxylic acids is 1. The van der Waals surface area contributed by atoms with Crippen molar-refractivity contribution in [3.05, 3.63) is 29.8 Å². The Kier molecular flexibility index (Phi) is 7.78. The molecule has 0 aliphatic carbocycles. The van der Waals surface area contributed by atoms with Gasteiger partial charge in [0.2, 0.25) is 0 Å². The second-order valence-electron chi connectivity index (χ2n) is 8.72. The summed E-state index contributed by atoms with van der Waals surface area (Å²) in [7, 11) is 5.80. The molecule has 0 saturated carbocycles. The van der Waals surface area contributed by atoms with Crippen LogP contribution < -0.4 is 5.46 Å². The quantitative estimate of drug-likeness (QED) is 0.557. The molecular formula is C23H31BN2O5. The Hall–Kier alpha value is -2.32. The first-order chi connectivity index (χ1) is 14.8. The fraction of sp³-hybridized carbons (Fsp3) is 0.565. The van der Waals surface area contributed by atoms with Crippen LogP contribution in [0.2, 0.25) is 0 Å². The number of phenols is 1. The number of carbonyl (C=O) groups excluding carboxylic acids is 1. The molecule has 0 unspecified atom stereocenters. The first-order valence-corrected chi connectivity index (χ1v) is 10.9. The highest BCUT2D eigenvalue weighted by Crippen LogP contribution is 2.32. The van der Waals surface area contributed by atoms with Crippen LogP contribution >= 0.6 is 0 Å². The summed E-state index contributed by atoms with van der Waals surface area (Å²) < 4.78 is 0. The van der Waals surface area contributed by atoms with Gasteiger partial charge in [-0.1, -0.05) is 24.2 Å². The molecule has 0 aromatic heterocycles. The molecule has 31 heavy (non-hydrogen) atoms. The molecule has 1 atom stereocenters. The van der Waals surface area contributed by atoms with Crippen LogP contribution in [0.25, 0.3) is 6.08 Å². The molecule has 2 radical (unpaired) electrons. The minimum Gasteiger partial charge on any atom is -0.508 e. The van der Waals surface area contributed by atoms with Gasteiger partial charge in [-0.15, -0.1) is 0 Å². The van der Waals surface area contributed by atoms with Crippen LogP contribution in [0.5, 0.6) is 5.75 Å². The van der Waals surface area contributed by atoms with Crippen molar-refractivity contribution >= 4 is 31.3 Å². The minimum absolute atomic E-state index is 0.0459. The molecule has 8 heteroatoms. The van der Waals surface area contributed by atoms with Crippen molar-refractivity contribution in [1.29, 1.82) is 0 Å². The smallest absolute Gasteiger partial charge is 0.317 e. The third-order valence-electron chi connectivity index (χ3n) is 6.67. The monoisotopic (exact) mass is 426 g/mol. The molecule has 3 rings (SSSR count). The molecule has 1 amide bonds. The van der Waals surface area contributed by atoms with Crippen LogP contribution in [0.1, 0.15) is 36.8 Å². The second-order valence-corrected chi connectivity index (χ2v) is 8.72. The van der Waals surface area contributed by atoms with Crippen molar-refractivity contribution in [3.8, 4) is 5.75 Å². The Bertz CT molecular complexity index is 814. The number of benzene rings is 1. The lowest BCUT2D eigenvalue weighted by Gasteiger charge is -2.40. The van der Waals surface area contributed by atoms with Gasteiger partial charge < -0.3 is 20.2 Å². The van der Waals surface area contributed by atoms with E-state index in [0.29, 0.717) is 36.1 Å². The number of piperidine rings is 2. The van der Waals surface area contributed by atoms with Crippen molar-refractivity contribution in [1.82, 2.24) is 9.80 Å². The first kappa shape index (κ1) is 23.4. The van der Waals surface area contributed by atoms with Crippen molar-refractivity contribution in [2.24, 2.45) is 11.8 Å². The fourth-order valence-corrected chi connectivity index (χ4v) is 4.90. The van der Waals surface area contributed by atoms with E-state index in [4.69, 9.17) is 13.0 Å². The van der Waals surface area contributed by atoms with E-state index in [1.165, 1.54) is 6.08 Å². The number of aliphatic hydroxyl groups is 1. The van der Waals surface area contributed by atoms with Gasteiger partial charge in [-0.25, -0.2) is 0 Å². The summed E-state index contributed by atoms with van der Waals surface area (Å²) in [6, 6.07) is 3.25. The summed E-state index contributed by atoms with van der Waals surface area (Å²) >= 11 is 0. The van der Waals surface area contributed by atoms with E-state index in [-0.39, 0.29) is 30.1 Å². The topological polar surface area (TPSA) is 101 Å². The summed E-state index contributed by atoms with van der Waals surface area (Å²) in [5.74, 6) is 0.0150. The van der Waals surface area contributed by atoms with Crippen LogP contribution in [0.3, 0.4) is 0 Å². The highest BCUT2D eigenvalue weighted by Gasteiger charge is 2.32. The number of rotatable bonds is 7. The highest BCUT2D eigenvalue weighted by atomic mass is 16.4. The largest absolute Gasteiger partial charge is 0.508 e. The fourth-order valence-electron chi connectivity index (χ4n) is 4.90. The molecule has 0 spiro atoms. The summed E-state index contributed by atoms with van der Waals surface area (Å²) in [6.07, 6.45) is 4.29. The SMILES string of the molecule is [B]c1cc(C[C@@H](O)C(=O)N2CCC(C3CCN(CC(=O)O)CC3)CC2)cc(C=C)c1O.